The van der Waals surface area contributed by atoms with Gasteiger partial charge in [0.15, 0.2) is 17.6 Å². The van der Waals surface area contributed by atoms with Crippen LogP contribution in [0.5, 0.6) is 11.5 Å². The predicted octanol–water partition coefficient (Wildman–Crippen LogP) is 5.24. The van der Waals surface area contributed by atoms with Gasteiger partial charge in [-0.1, -0.05) is 48.5 Å². The van der Waals surface area contributed by atoms with Crippen LogP contribution in [0.4, 0.5) is 0 Å². The summed E-state index contributed by atoms with van der Waals surface area (Å²) in [4.78, 5) is 6.34. The number of hydrogen-bond donors (Lipinski definition) is 3. The van der Waals surface area contributed by atoms with E-state index in [0.717, 1.165) is 48.6 Å². The lowest BCUT2D eigenvalue weighted by atomic mass is 9.49. The van der Waals surface area contributed by atoms with Crippen LogP contribution in [0.1, 0.15) is 47.8 Å². The number of benzene rings is 3. The van der Waals surface area contributed by atoms with Gasteiger partial charge in [0.25, 0.3) is 0 Å². The molecule has 2 fully saturated rings. The Labute approximate surface area is 215 Å². The SMILES string of the molecule is Oc1ccc2c3c1O[C@@H]1c4[nH]c5cc(-c6ccccc6)ccc5c4C[C@@]4(O)[C@@H](C2)N(CC2CC2)CC[C@]314. The van der Waals surface area contributed by atoms with Crippen molar-refractivity contribution in [1.82, 2.24) is 9.88 Å². The molecule has 5 aliphatic rings. The summed E-state index contributed by atoms with van der Waals surface area (Å²) in [6, 6.07) is 21.0. The maximum absolute atomic E-state index is 12.9. The van der Waals surface area contributed by atoms with Gasteiger partial charge >= 0.3 is 0 Å². The molecule has 3 N–H and O–H groups in total. The van der Waals surface area contributed by atoms with Crippen LogP contribution in [0.15, 0.2) is 60.7 Å². The topological polar surface area (TPSA) is 68.7 Å². The normalized spacial score (nSPS) is 31.2. The van der Waals surface area contributed by atoms with Gasteiger partial charge in [0.2, 0.25) is 0 Å². The first-order chi connectivity index (χ1) is 18.1. The molecule has 2 bridgehead atoms. The average Bonchev–Trinajstić information content (AvgIpc) is 3.55. The van der Waals surface area contributed by atoms with Gasteiger partial charge in [0.1, 0.15) is 0 Å². The van der Waals surface area contributed by atoms with Crippen molar-refractivity contribution in [3.8, 4) is 22.6 Å². The highest BCUT2D eigenvalue weighted by Gasteiger charge is 2.72. The highest BCUT2D eigenvalue weighted by molar-refractivity contribution is 5.90. The molecule has 0 radical (unpaired) electrons. The lowest BCUT2D eigenvalue weighted by molar-refractivity contribution is -0.173. The van der Waals surface area contributed by atoms with Gasteiger partial charge in [-0.2, -0.15) is 0 Å². The molecule has 5 heteroatoms. The van der Waals surface area contributed by atoms with E-state index in [1.807, 2.05) is 6.07 Å². The molecule has 0 amide bonds. The molecule has 1 spiro atoms. The van der Waals surface area contributed by atoms with Crippen molar-refractivity contribution in [1.29, 1.82) is 0 Å². The highest BCUT2D eigenvalue weighted by Crippen LogP contribution is 2.69. The third-order valence-corrected chi connectivity index (χ3v) is 10.3. The van der Waals surface area contributed by atoms with E-state index in [1.54, 1.807) is 6.07 Å². The van der Waals surface area contributed by atoms with E-state index >= 15 is 0 Å². The number of phenolic OH excluding ortho intramolecular Hbond substituents is 1. The summed E-state index contributed by atoms with van der Waals surface area (Å²) in [5.74, 6) is 1.55. The third kappa shape index (κ3) is 2.47. The Kier molecular flexibility index (Phi) is 3.80. The number of aromatic hydroxyl groups is 1. The minimum absolute atomic E-state index is 0.0534. The molecule has 4 aromatic rings. The number of phenols is 1. The fourth-order valence-corrected chi connectivity index (χ4v) is 8.44. The summed E-state index contributed by atoms with van der Waals surface area (Å²) >= 11 is 0. The molecule has 37 heavy (non-hydrogen) atoms. The van der Waals surface area contributed by atoms with Crippen LogP contribution in [0.25, 0.3) is 22.0 Å². The van der Waals surface area contributed by atoms with Gasteiger partial charge < -0.3 is 19.9 Å². The zero-order chi connectivity index (χ0) is 24.5. The van der Waals surface area contributed by atoms with E-state index < -0.39 is 11.0 Å². The van der Waals surface area contributed by atoms with Crippen LogP contribution in [-0.2, 0) is 18.3 Å². The van der Waals surface area contributed by atoms with E-state index in [0.29, 0.717) is 12.2 Å². The number of ether oxygens (including phenoxy) is 1. The Balaban J connectivity index is 1.27. The molecule has 0 unspecified atom stereocenters. The first kappa shape index (κ1) is 20.7. The van der Waals surface area contributed by atoms with Gasteiger partial charge in [-0.3, -0.25) is 4.90 Å². The van der Waals surface area contributed by atoms with Crippen molar-refractivity contribution in [3.05, 3.63) is 83.0 Å². The Hall–Kier alpha value is -3.28. The average molecular weight is 491 g/mol. The van der Waals surface area contributed by atoms with Gasteiger partial charge in [-0.25, -0.2) is 0 Å². The number of nitrogens with zero attached hydrogens (tertiary/aromatic N) is 1. The number of likely N-dealkylation sites (tertiary alicyclic amines) is 1. The molecule has 5 nitrogen and oxygen atoms in total. The molecule has 4 atom stereocenters. The van der Waals surface area contributed by atoms with Crippen molar-refractivity contribution in [2.45, 2.75) is 55.3 Å². The number of nitrogens with one attached hydrogen (secondary N) is 1. The molecule has 1 saturated heterocycles. The second-order valence-electron chi connectivity index (χ2n) is 12.1. The molecule has 1 saturated carbocycles. The lowest BCUT2D eigenvalue weighted by Gasteiger charge is -2.62. The van der Waals surface area contributed by atoms with Gasteiger partial charge in [0, 0.05) is 35.5 Å². The number of piperidine rings is 1. The van der Waals surface area contributed by atoms with Crippen LogP contribution in [0.3, 0.4) is 0 Å². The maximum atomic E-state index is 12.9. The second kappa shape index (κ2) is 6.77. The maximum Gasteiger partial charge on any atom is 0.166 e. The summed E-state index contributed by atoms with van der Waals surface area (Å²) in [6.07, 6.45) is 4.53. The fourth-order valence-electron chi connectivity index (χ4n) is 8.44. The molecule has 2 aliphatic heterocycles. The number of fused-ring (bicyclic) bond motifs is 4. The van der Waals surface area contributed by atoms with Crippen molar-refractivity contribution in [3.63, 3.8) is 0 Å². The standard InChI is InChI=1S/C32H30N2O3/c35-25-11-9-21-15-26-32(36)16-23-22-10-8-20(19-4-2-1-3-5-19)14-24(22)33-28(23)30-31(32,27(21)29(25)37-30)12-13-34(26)17-18-6-7-18/h1-5,8-11,14,18,26,30,33,35-36H,6-7,12-13,15-17H2/t26-,30-,31+,32-/m1/s1. The Morgan fingerprint density at radius 3 is 2.73 bits per heavy atom. The van der Waals surface area contributed by atoms with E-state index in [1.165, 1.54) is 40.5 Å². The molecule has 1 aromatic heterocycles. The van der Waals surface area contributed by atoms with E-state index in [-0.39, 0.29) is 17.9 Å². The van der Waals surface area contributed by atoms with Crippen LogP contribution >= 0.6 is 0 Å². The molecule has 3 aliphatic carbocycles. The number of rotatable bonds is 3. The summed E-state index contributed by atoms with van der Waals surface area (Å²) in [6.45, 7) is 2.04. The number of aromatic amines is 1. The summed E-state index contributed by atoms with van der Waals surface area (Å²) in [7, 11) is 0. The summed E-state index contributed by atoms with van der Waals surface area (Å²) in [5.41, 5.74) is 6.49. The van der Waals surface area contributed by atoms with Crippen molar-refractivity contribution >= 4 is 10.9 Å². The Morgan fingerprint density at radius 2 is 1.89 bits per heavy atom. The fraction of sp³-hybridized carbons (Fsp3) is 0.375. The predicted molar refractivity (Wildman–Crippen MR) is 142 cm³/mol. The smallest absolute Gasteiger partial charge is 0.166 e. The molecule has 3 aromatic carbocycles. The van der Waals surface area contributed by atoms with Gasteiger partial charge in [-0.05, 0) is 72.5 Å². The lowest BCUT2D eigenvalue weighted by Crippen LogP contribution is -2.74. The first-order valence-corrected chi connectivity index (χ1v) is 13.8. The zero-order valence-corrected chi connectivity index (χ0v) is 20.7. The largest absolute Gasteiger partial charge is 0.504 e. The van der Waals surface area contributed by atoms with Crippen LogP contribution < -0.4 is 4.74 Å². The number of hydrogen-bond acceptors (Lipinski definition) is 4. The van der Waals surface area contributed by atoms with Crippen LogP contribution in [-0.4, -0.2) is 44.8 Å². The minimum atomic E-state index is -0.947. The van der Waals surface area contributed by atoms with Gasteiger partial charge in [-0.15, -0.1) is 0 Å². The molecule has 3 heterocycles. The second-order valence-corrected chi connectivity index (χ2v) is 12.1. The Bertz CT molecular complexity index is 1610. The number of aromatic nitrogens is 1. The van der Waals surface area contributed by atoms with Crippen molar-refractivity contribution in [2.75, 3.05) is 13.1 Å². The Morgan fingerprint density at radius 1 is 1.03 bits per heavy atom. The number of H-pyrrole nitrogens is 1. The van der Waals surface area contributed by atoms with E-state index in [2.05, 4.69) is 58.4 Å². The molecular formula is C32H30N2O3. The van der Waals surface area contributed by atoms with E-state index in [9.17, 15) is 10.2 Å². The zero-order valence-electron chi connectivity index (χ0n) is 20.7. The highest BCUT2D eigenvalue weighted by atomic mass is 16.5. The van der Waals surface area contributed by atoms with Crippen LogP contribution in [0.2, 0.25) is 0 Å². The third-order valence-electron chi connectivity index (χ3n) is 10.3. The van der Waals surface area contributed by atoms with E-state index in [4.69, 9.17) is 4.74 Å². The summed E-state index contributed by atoms with van der Waals surface area (Å²) in [5, 5.41) is 25.0. The van der Waals surface area contributed by atoms with Crippen molar-refractivity contribution in [2.24, 2.45) is 5.92 Å². The molecular weight excluding hydrogens is 460 g/mol. The monoisotopic (exact) mass is 490 g/mol. The van der Waals surface area contributed by atoms with Gasteiger partial charge in [0.05, 0.1) is 16.7 Å². The summed E-state index contributed by atoms with van der Waals surface area (Å²) < 4.78 is 6.71. The molecule has 9 rings (SSSR count). The minimum Gasteiger partial charge on any atom is -0.504 e. The van der Waals surface area contributed by atoms with Crippen LogP contribution in [0, 0.1) is 5.92 Å². The molecule has 186 valence electrons. The van der Waals surface area contributed by atoms with Crippen molar-refractivity contribution < 1.29 is 14.9 Å². The quantitative estimate of drug-likeness (QED) is 0.367. The first-order valence-electron chi connectivity index (χ1n) is 13.8. The number of aliphatic hydroxyl groups is 1.